The summed E-state index contributed by atoms with van der Waals surface area (Å²) in [6.07, 6.45) is -0.322. The van der Waals surface area contributed by atoms with Gasteiger partial charge in [-0.15, -0.1) is 0 Å². The molecule has 1 rings (SSSR count). The summed E-state index contributed by atoms with van der Waals surface area (Å²) >= 11 is 5.81. The first-order valence-corrected chi connectivity index (χ1v) is 5.94. The van der Waals surface area contributed by atoms with Crippen molar-refractivity contribution in [1.82, 2.24) is 0 Å². The lowest BCUT2D eigenvalue weighted by Crippen LogP contribution is -2.17. The van der Waals surface area contributed by atoms with Crippen molar-refractivity contribution in [2.45, 2.75) is 13.3 Å². The van der Waals surface area contributed by atoms with Crippen molar-refractivity contribution in [3.63, 3.8) is 0 Å². The van der Waals surface area contributed by atoms with E-state index in [1.807, 2.05) is 6.07 Å². The van der Waals surface area contributed by atoms with Crippen LogP contribution < -0.4 is 4.74 Å². The summed E-state index contributed by atoms with van der Waals surface area (Å²) in [4.78, 5) is 22.4. The molecule has 0 saturated heterocycles. The molecule has 1 aromatic rings. The summed E-state index contributed by atoms with van der Waals surface area (Å²) in [5, 5.41) is 8.94. The molecule has 0 aromatic heterocycles. The van der Waals surface area contributed by atoms with E-state index in [0.717, 1.165) is 0 Å². The maximum Gasteiger partial charge on any atom is 0.313 e. The van der Waals surface area contributed by atoms with Gasteiger partial charge in [-0.05, 0) is 19.1 Å². The molecule has 0 bridgehead atoms. The van der Waals surface area contributed by atoms with Gasteiger partial charge in [0.2, 0.25) is 0 Å². The molecule has 0 atom stereocenters. The fraction of sp³-hybridized carbons (Fsp3) is 0.308. The topological polar surface area (TPSA) is 76.4 Å². The van der Waals surface area contributed by atoms with Gasteiger partial charge in [-0.2, -0.15) is 5.26 Å². The molecule has 0 aliphatic carbocycles. The second kappa shape index (κ2) is 7.39. The molecule has 0 aliphatic rings. The Kier molecular flexibility index (Phi) is 5.83. The van der Waals surface area contributed by atoms with Crippen molar-refractivity contribution >= 4 is 23.4 Å². The van der Waals surface area contributed by atoms with Gasteiger partial charge in [0.05, 0.1) is 17.2 Å². The molecule has 1 aromatic carbocycles. The number of carbonyl (C=O) groups is 2. The highest BCUT2D eigenvalue weighted by atomic mass is 35.5. The molecule has 5 nitrogen and oxygen atoms in total. The zero-order valence-electron chi connectivity index (χ0n) is 10.3. The van der Waals surface area contributed by atoms with E-state index in [-0.39, 0.29) is 30.4 Å². The Morgan fingerprint density at radius 1 is 1.42 bits per heavy atom. The molecule has 0 radical (unpaired) electrons. The highest BCUT2D eigenvalue weighted by Crippen LogP contribution is 2.21. The molecule has 0 saturated carbocycles. The van der Waals surface area contributed by atoms with E-state index in [1.165, 1.54) is 18.2 Å². The first-order valence-electron chi connectivity index (χ1n) is 5.56. The molecule has 0 spiro atoms. The largest absolute Gasteiger partial charge is 0.486 e. The Bertz CT molecular complexity index is 522. The van der Waals surface area contributed by atoms with Gasteiger partial charge in [-0.1, -0.05) is 11.6 Å². The van der Waals surface area contributed by atoms with Crippen LogP contribution in [0.4, 0.5) is 0 Å². The van der Waals surface area contributed by atoms with Crippen LogP contribution in [0.5, 0.6) is 5.75 Å². The molecular formula is C13H12ClNO4. The Morgan fingerprint density at radius 2 is 2.16 bits per heavy atom. The van der Waals surface area contributed by atoms with Crippen LogP contribution in [0.3, 0.4) is 0 Å². The normalized spacial score (nSPS) is 9.53. The average Bonchev–Trinajstić information content (AvgIpc) is 2.36. The molecule has 6 heteroatoms. The van der Waals surface area contributed by atoms with E-state index in [1.54, 1.807) is 6.92 Å². The van der Waals surface area contributed by atoms with E-state index in [4.69, 9.17) is 21.6 Å². The number of esters is 1. The number of ketones is 1. The molecule has 0 fully saturated rings. The van der Waals surface area contributed by atoms with Crippen molar-refractivity contribution in [1.29, 1.82) is 5.26 Å². The van der Waals surface area contributed by atoms with E-state index >= 15 is 0 Å². The standard InChI is InChI=1S/C13H12ClNO4/c1-2-18-13(17)5-10(16)8-19-11-4-3-9(7-15)12(14)6-11/h3-4,6H,2,5,8H2,1H3. The molecule has 0 N–H and O–H groups in total. The Labute approximate surface area is 115 Å². The number of ether oxygens (including phenoxy) is 2. The monoisotopic (exact) mass is 281 g/mol. The molecule has 0 heterocycles. The SMILES string of the molecule is CCOC(=O)CC(=O)COc1ccc(C#N)c(Cl)c1. The zero-order valence-corrected chi connectivity index (χ0v) is 11.1. The predicted octanol–water partition coefficient (Wildman–Crippen LogP) is 2.11. The summed E-state index contributed by atoms with van der Waals surface area (Å²) in [6, 6.07) is 6.38. The quantitative estimate of drug-likeness (QED) is 0.589. The number of benzene rings is 1. The lowest BCUT2D eigenvalue weighted by atomic mass is 10.2. The maximum absolute atomic E-state index is 11.4. The number of carbonyl (C=O) groups excluding carboxylic acids is 2. The molecule has 0 amide bonds. The minimum absolute atomic E-state index is 0.234. The van der Waals surface area contributed by atoms with Crippen LogP contribution in [0, 0.1) is 11.3 Å². The summed E-state index contributed by atoms with van der Waals surface area (Å²) in [7, 11) is 0. The van der Waals surface area contributed by atoms with Crippen molar-refractivity contribution in [2.75, 3.05) is 13.2 Å². The summed E-state index contributed by atoms with van der Waals surface area (Å²) < 4.78 is 9.82. The number of hydrogen-bond donors (Lipinski definition) is 0. The summed E-state index contributed by atoms with van der Waals surface area (Å²) in [5.41, 5.74) is 0.326. The highest BCUT2D eigenvalue weighted by molar-refractivity contribution is 6.31. The number of rotatable bonds is 6. The van der Waals surface area contributed by atoms with Gasteiger partial charge in [0, 0.05) is 6.07 Å². The average molecular weight is 282 g/mol. The lowest BCUT2D eigenvalue weighted by Gasteiger charge is -2.06. The number of halogens is 1. The number of nitriles is 1. The van der Waals surface area contributed by atoms with Crippen LogP contribution in [-0.2, 0) is 14.3 Å². The highest BCUT2D eigenvalue weighted by Gasteiger charge is 2.11. The molecule has 19 heavy (non-hydrogen) atoms. The number of nitrogens with zero attached hydrogens (tertiary/aromatic N) is 1. The van der Waals surface area contributed by atoms with E-state index in [0.29, 0.717) is 11.3 Å². The predicted molar refractivity (Wildman–Crippen MR) is 67.9 cm³/mol. The van der Waals surface area contributed by atoms with Gasteiger partial charge in [0.15, 0.2) is 5.78 Å². The molecule has 100 valence electrons. The van der Waals surface area contributed by atoms with Crippen LogP contribution in [-0.4, -0.2) is 25.0 Å². The van der Waals surface area contributed by atoms with Crippen molar-refractivity contribution < 1.29 is 19.1 Å². The van der Waals surface area contributed by atoms with Gasteiger partial charge in [0.1, 0.15) is 24.8 Å². The third kappa shape index (κ3) is 4.98. The fourth-order valence-corrected chi connectivity index (χ4v) is 1.48. The Balaban J connectivity index is 2.49. The van der Waals surface area contributed by atoms with E-state index < -0.39 is 5.97 Å². The minimum atomic E-state index is -0.575. The second-order valence-electron chi connectivity index (χ2n) is 3.56. The lowest BCUT2D eigenvalue weighted by molar-refractivity contribution is -0.145. The first kappa shape index (κ1) is 15.0. The molecular weight excluding hydrogens is 270 g/mol. The second-order valence-corrected chi connectivity index (χ2v) is 3.97. The maximum atomic E-state index is 11.4. The van der Waals surface area contributed by atoms with E-state index in [2.05, 4.69) is 4.74 Å². The zero-order chi connectivity index (χ0) is 14.3. The smallest absolute Gasteiger partial charge is 0.313 e. The summed E-state index contributed by atoms with van der Waals surface area (Å²) in [6.45, 7) is 1.65. The van der Waals surface area contributed by atoms with Gasteiger partial charge < -0.3 is 9.47 Å². The minimum Gasteiger partial charge on any atom is -0.486 e. The van der Waals surface area contributed by atoms with Crippen LogP contribution in [0.1, 0.15) is 18.9 Å². The third-order valence-electron chi connectivity index (χ3n) is 2.11. The Morgan fingerprint density at radius 3 is 2.74 bits per heavy atom. The van der Waals surface area contributed by atoms with Crippen molar-refractivity contribution in [3.8, 4) is 11.8 Å². The van der Waals surface area contributed by atoms with Crippen LogP contribution >= 0.6 is 11.6 Å². The van der Waals surface area contributed by atoms with Gasteiger partial charge in [-0.3, -0.25) is 9.59 Å². The summed E-state index contributed by atoms with van der Waals surface area (Å²) in [5.74, 6) is -0.603. The number of hydrogen-bond acceptors (Lipinski definition) is 5. The van der Waals surface area contributed by atoms with Crippen molar-refractivity contribution in [2.24, 2.45) is 0 Å². The molecule has 0 unspecified atom stereocenters. The van der Waals surface area contributed by atoms with Gasteiger partial charge in [0.25, 0.3) is 0 Å². The van der Waals surface area contributed by atoms with Crippen LogP contribution in [0.2, 0.25) is 5.02 Å². The Hall–Kier alpha value is -2.06. The number of Topliss-reactive ketones (excluding diaryl/α,β-unsaturated/α-hetero) is 1. The fourth-order valence-electron chi connectivity index (χ4n) is 1.26. The van der Waals surface area contributed by atoms with Gasteiger partial charge in [-0.25, -0.2) is 0 Å². The van der Waals surface area contributed by atoms with E-state index in [9.17, 15) is 9.59 Å². The van der Waals surface area contributed by atoms with Crippen molar-refractivity contribution in [3.05, 3.63) is 28.8 Å². The van der Waals surface area contributed by atoms with Gasteiger partial charge >= 0.3 is 5.97 Å². The molecule has 0 aliphatic heterocycles. The third-order valence-corrected chi connectivity index (χ3v) is 2.42. The van der Waals surface area contributed by atoms with Crippen LogP contribution in [0.25, 0.3) is 0 Å². The van der Waals surface area contributed by atoms with Crippen LogP contribution in [0.15, 0.2) is 18.2 Å². The first-order chi connectivity index (χ1) is 9.06.